The predicted molar refractivity (Wildman–Crippen MR) is 99.1 cm³/mol. The molecule has 2 nitrogen and oxygen atoms in total. The Hall–Kier alpha value is -2.22. The minimum atomic E-state index is -0.112. The lowest BCUT2D eigenvalue weighted by Crippen LogP contribution is -2.23. The van der Waals surface area contributed by atoms with E-state index in [2.05, 4.69) is 52.5 Å². The third kappa shape index (κ3) is 2.60. The summed E-state index contributed by atoms with van der Waals surface area (Å²) < 4.78 is 5.71. The lowest BCUT2D eigenvalue weighted by Gasteiger charge is -2.29. The largest absolute Gasteiger partial charge is 0.508 e. The van der Waals surface area contributed by atoms with E-state index in [1.807, 2.05) is 12.1 Å². The van der Waals surface area contributed by atoms with Gasteiger partial charge in [0.1, 0.15) is 18.1 Å². The number of fused-ring (bicyclic) bond motifs is 1. The Morgan fingerprint density at radius 2 is 1.88 bits per heavy atom. The number of hydrogen-bond donors (Lipinski definition) is 1. The van der Waals surface area contributed by atoms with Gasteiger partial charge in [0.15, 0.2) is 0 Å². The number of aryl methyl sites for hydroxylation is 1. The van der Waals surface area contributed by atoms with E-state index in [1.165, 1.54) is 16.7 Å². The molecule has 126 valence electrons. The molecule has 2 aromatic carbocycles. The number of benzene rings is 2. The molecular weight excluding hydrogens is 296 g/mol. The van der Waals surface area contributed by atoms with Crippen LogP contribution in [0.1, 0.15) is 49.4 Å². The molecule has 0 saturated heterocycles. The van der Waals surface area contributed by atoms with Gasteiger partial charge in [-0.25, -0.2) is 0 Å². The van der Waals surface area contributed by atoms with Crippen molar-refractivity contribution in [1.82, 2.24) is 0 Å². The molecule has 0 saturated carbocycles. The van der Waals surface area contributed by atoms with Crippen LogP contribution in [0.5, 0.6) is 11.5 Å². The van der Waals surface area contributed by atoms with E-state index in [0.29, 0.717) is 12.4 Å². The van der Waals surface area contributed by atoms with E-state index in [4.69, 9.17) is 4.74 Å². The Labute approximate surface area is 144 Å². The molecule has 1 N–H and O–H groups in total. The second-order valence-corrected chi connectivity index (χ2v) is 7.70. The van der Waals surface area contributed by atoms with Crippen LogP contribution >= 0.6 is 0 Å². The molecule has 1 unspecified atom stereocenters. The van der Waals surface area contributed by atoms with Crippen molar-refractivity contribution in [3.8, 4) is 11.5 Å². The highest BCUT2D eigenvalue weighted by molar-refractivity contribution is 5.55. The molecular formula is C22H26O2. The minimum absolute atomic E-state index is 0.0870. The highest BCUT2D eigenvalue weighted by Gasteiger charge is 2.45. The maximum absolute atomic E-state index is 10.0. The highest BCUT2D eigenvalue weighted by Crippen LogP contribution is 2.53. The van der Waals surface area contributed by atoms with Crippen LogP contribution in [0.4, 0.5) is 0 Å². The van der Waals surface area contributed by atoms with Gasteiger partial charge < -0.3 is 9.84 Å². The summed E-state index contributed by atoms with van der Waals surface area (Å²) in [5.74, 6) is 1.23. The molecule has 1 aliphatic carbocycles. The molecule has 0 radical (unpaired) electrons. The second-order valence-electron chi connectivity index (χ2n) is 7.70. The summed E-state index contributed by atoms with van der Waals surface area (Å²) in [5, 5.41) is 10.0. The summed E-state index contributed by atoms with van der Waals surface area (Å²) in [5.41, 5.74) is 4.92. The maximum Gasteiger partial charge on any atom is 0.122 e. The molecule has 2 aromatic rings. The Balaban J connectivity index is 2.08. The first kappa shape index (κ1) is 16.6. The van der Waals surface area contributed by atoms with Crippen molar-refractivity contribution in [2.75, 3.05) is 6.61 Å². The van der Waals surface area contributed by atoms with E-state index in [-0.39, 0.29) is 10.8 Å². The quantitative estimate of drug-likeness (QED) is 0.779. The summed E-state index contributed by atoms with van der Waals surface area (Å²) in [6.07, 6.45) is 2.78. The normalized spacial score (nSPS) is 21.3. The topological polar surface area (TPSA) is 29.5 Å². The van der Waals surface area contributed by atoms with Gasteiger partial charge in [-0.05, 0) is 59.2 Å². The molecule has 24 heavy (non-hydrogen) atoms. The lowest BCUT2D eigenvalue weighted by molar-refractivity contribution is 0.360. The van der Waals surface area contributed by atoms with Crippen molar-refractivity contribution >= 4 is 0 Å². The zero-order chi connectivity index (χ0) is 17.5. The number of hydrogen-bond acceptors (Lipinski definition) is 2. The zero-order valence-electron chi connectivity index (χ0n) is 15.0. The van der Waals surface area contributed by atoms with Gasteiger partial charge in [-0.1, -0.05) is 51.6 Å². The predicted octanol–water partition coefficient (Wildman–Crippen LogP) is 5.25. The highest BCUT2D eigenvalue weighted by atomic mass is 16.5. The average Bonchev–Trinajstić information content (AvgIpc) is 2.73. The molecule has 0 heterocycles. The number of ether oxygens (including phenoxy) is 1. The standard InChI is InChI=1S/C22H26O2/c1-6-11-24-20-10-7-16(12-15(20)2)22(5)14-21(3,4)18-9-8-17(23)13-19(18)22/h6-10,12-13,23H,1,11,14H2,2-5H3. The van der Waals surface area contributed by atoms with Crippen LogP contribution < -0.4 is 4.74 Å². The summed E-state index contributed by atoms with van der Waals surface area (Å²) >= 11 is 0. The number of aromatic hydroxyl groups is 1. The fraction of sp³-hybridized carbons (Fsp3) is 0.364. The maximum atomic E-state index is 10.0. The van der Waals surface area contributed by atoms with Gasteiger partial charge in [0.05, 0.1) is 0 Å². The van der Waals surface area contributed by atoms with Crippen molar-refractivity contribution in [3.63, 3.8) is 0 Å². The average molecular weight is 322 g/mol. The van der Waals surface area contributed by atoms with Gasteiger partial charge in [0.2, 0.25) is 0 Å². The molecule has 1 atom stereocenters. The molecule has 0 aromatic heterocycles. The van der Waals surface area contributed by atoms with Crippen LogP contribution in [0.25, 0.3) is 0 Å². The molecule has 0 bridgehead atoms. The van der Waals surface area contributed by atoms with Crippen LogP contribution in [0.2, 0.25) is 0 Å². The van der Waals surface area contributed by atoms with Crippen LogP contribution in [-0.4, -0.2) is 11.7 Å². The first-order valence-corrected chi connectivity index (χ1v) is 8.47. The Bertz CT molecular complexity index is 789. The number of phenolic OH excluding ortho intramolecular Hbond substituents is 1. The van der Waals surface area contributed by atoms with Crippen molar-refractivity contribution in [2.45, 2.75) is 44.9 Å². The van der Waals surface area contributed by atoms with Crippen LogP contribution in [0, 0.1) is 6.92 Å². The summed E-state index contributed by atoms with van der Waals surface area (Å²) in [6.45, 7) is 13.1. The Morgan fingerprint density at radius 1 is 1.12 bits per heavy atom. The second kappa shape index (κ2) is 5.70. The van der Waals surface area contributed by atoms with Crippen molar-refractivity contribution in [2.24, 2.45) is 0 Å². The molecule has 0 aliphatic heterocycles. The van der Waals surface area contributed by atoms with Gasteiger partial charge in [0, 0.05) is 5.41 Å². The van der Waals surface area contributed by atoms with E-state index in [0.717, 1.165) is 17.7 Å². The van der Waals surface area contributed by atoms with Gasteiger partial charge >= 0.3 is 0 Å². The first-order valence-electron chi connectivity index (χ1n) is 8.47. The molecule has 1 aliphatic rings. The smallest absolute Gasteiger partial charge is 0.122 e. The Kier molecular flexibility index (Phi) is 3.95. The van der Waals surface area contributed by atoms with Crippen LogP contribution in [0.3, 0.4) is 0 Å². The van der Waals surface area contributed by atoms with Crippen LogP contribution in [0.15, 0.2) is 49.1 Å². The molecule has 0 amide bonds. The summed E-state index contributed by atoms with van der Waals surface area (Å²) in [6, 6.07) is 12.2. The molecule has 0 spiro atoms. The Morgan fingerprint density at radius 3 is 2.54 bits per heavy atom. The SMILES string of the molecule is C=CCOc1ccc(C2(C)CC(C)(C)c3ccc(O)cc32)cc1C. The monoisotopic (exact) mass is 322 g/mol. The van der Waals surface area contributed by atoms with Gasteiger partial charge in [-0.3, -0.25) is 0 Å². The van der Waals surface area contributed by atoms with E-state index >= 15 is 0 Å². The van der Waals surface area contributed by atoms with Crippen molar-refractivity contribution in [3.05, 3.63) is 71.3 Å². The van der Waals surface area contributed by atoms with E-state index in [9.17, 15) is 5.11 Å². The zero-order valence-corrected chi connectivity index (χ0v) is 15.0. The third-order valence-corrected chi connectivity index (χ3v) is 5.29. The first-order chi connectivity index (χ1) is 11.3. The molecule has 3 rings (SSSR count). The fourth-order valence-electron chi connectivity index (χ4n) is 4.21. The van der Waals surface area contributed by atoms with Crippen LogP contribution in [-0.2, 0) is 10.8 Å². The van der Waals surface area contributed by atoms with E-state index < -0.39 is 0 Å². The van der Waals surface area contributed by atoms with Crippen molar-refractivity contribution in [1.29, 1.82) is 0 Å². The molecule has 0 fully saturated rings. The number of rotatable bonds is 4. The minimum Gasteiger partial charge on any atom is -0.508 e. The van der Waals surface area contributed by atoms with Gasteiger partial charge in [-0.2, -0.15) is 0 Å². The summed E-state index contributed by atoms with van der Waals surface area (Å²) in [7, 11) is 0. The third-order valence-electron chi connectivity index (χ3n) is 5.29. The van der Waals surface area contributed by atoms with Gasteiger partial charge in [-0.15, -0.1) is 0 Å². The van der Waals surface area contributed by atoms with Gasteiger partial charge in [0.25, 0.3) is 0 Å². The fourth-order valence-corrected chi connectivity index (χ4v) is 4.21. The number of phenols is 1. The van der Waals surface area contributed by atoms with E-state index in [1.54, 1.807) is 12.1 Å². The van der Waals surface area contributed by atoms with Crippen molar-refractivity contribution < 1.29 is 9.84 Å². The summed E-state index contributed by atoms with van der Waals surface area (Å²) in [4.78, 5) is 0. The molecule has 2 heteroatoms. The lowest BCUT2D eigenvalue weighted by atomic mass is 9.74.